The van der Waals surface area contributed by atoms with Gasteiger partial charge in [0, 0.05) is 18.1 Å². The summed E-state index contributed by atoms with van der Waals surface area (Å²) in [5, 5.41) is 3.28. The summed E-state index contributed by atoms with van der Waals surface area (Å²) in [4.78, 5) is 28.2. The number of hydrogen-bond acceptors (Lipinski definition) is 4. The molecule has 1 N–H and O–H groups in total. The Kier molecular flexibility index (Phi) is 10.6. The molecular weight excluding hydrogens is 486 g/mol. The van der Waals surface area contributed by atoms with E-state index in [2.05, 4.69) is 5.32 Å². The lowest BCUT2D eigenvalue weighted by Crippen LogP contribution is -2.52. The van der Waals surface area contributed by atoms with E-state index in [4.69, 9.17) is 11.6 Å². The summed E-state index contributed by atoms with van der Waals surface area (Å²) in [6, 6.07) is 11.9. The molecule has 0 unspecified atom stereocenters. The van der Waals surface area contributed by atoms with Crippen LogP contribution in [0.25, 0.3) is 0 Å². The van der Waals surface area contributed by atoms with E-state index in [1.807, 2.05) is 45.0 Å². The van der Waals surface area contributed by atoms with Crippen molar-refractivity contribution in [3.05, 3.63) is 64.2 Å². The van der Waals surface area contributed by atoms with Crippen molar-refractivity contribution in [2.45, 2.75) is 59.5 Å². The zero-order chi connectivity index (χ0) is 26.2. The van der Waals surface area contributed by atoms with Gasteiger partial charge in [0.15, 0.2) is 0 Å². The lowest BCUT2D eigenvalue weighted by molar-refractivity contribution is -0.140. The number of sulfonamides is 1. The number of halogens is 1. The third kappa shape index (κ3) is 8.25. The van der Waals surface area contributed by atoms with Gasteiger partial charge in [-0.05, 0) is 49.9 Å². The first-order valence-corrected chi connectivity index (χ1v) is 14.1. The molecule has 0 radical (unpaired) electrons. The largest absolute Gasteiger partial charge is 0.354 e. The first-order valence-electron chi connectivity index (χ1n) is 11.8. The highest BCUT2D eigenvalue weighted by atomic mass is 35.5. The number of carbonyl (C=O) groups is 2. The van der Waals surface area contributed by atoms with Crippen LogP contribution in [0.4, 0.5) is 5.69 Å². The van der Waals surface area contributed by atoms with Crippen molar-refractivity contribution in [1.29, 1.82) is 0 Å². The highest BCUT2D eigenvalue weighted by molar-refractivity contribution is 7.92. The van der Waals surface area contributed by atoms with Gasteiger partial charge in [0.2, 0.25) is 21.8 Å². The van der Waals surface area contributed by atoms with Gasteiger partial charge in [-0.25, -0.2) is 8.42 Å². The number of unbranched alkanes of at least 4 members (excludes halogenated alkanes) is 1. The molecule has 2 aromatic rings. The SMILES string of the molecule is CCCCNC(=O)[C@@H](CC)N(Cc1ccc(C)cc1)C(=O)CN(c1cc(Cl)ccc1C)S(C)(=O)=O. The summed E-state index contributed by atoms with van der Waals surface area (Å²) in [5.41, 5.74) is 2.94. The van der Waals surface area contributed by atoms with Gasteiger partial charge >= 0.3 is 0 Å². The lowest BCUT2D eigenvalue weighted by atomic mass is 10.1. The molecule has 2 amide bonds. The van der Waals surface area contributed by atoms with Crippen molar-refractivity contribution in [3.8, 4) is 0 Å². The Labute approximate surface area is 214 Å². The molecule has 0 aliphatic rings. The fraction of sp³-hybridized carbons (Fsp3) is 0.462. The molecule has 0 spiro atoms. The predicted octanol–water partition coefficient (Wildman–Crippen LogP) is 4.45. The molecule has 9 heteroatoms. The van der Waals surface area contributed by atoms with Gasteiger partial charge in [-0.1, -0.05) is 67.8 Å². The number of anilines is 1. The van der Waals surface area contributed by atoms with Crippen LogP contribution >= 0.6 is 11.6 Å². The summed E-state index contributed by atoms with van der Waals surface area (Å²) < 4.78 is 26.5. The maximum absolute atomic E-state index is 13.7. The van der Waals surface area contributed by atoms with Crippen LogP contribution in [-0.4, -0.2) is 50.5 Å². The maximum atomic E-state index is 13.7. The third-order valence-corrected chi connectivity index (χ3v) is 7.17. The van der Waals surface area contributed by atoms with Crippen LogP contribution < -0.4 is 9.62 Å². The van der Waals surface area contributed by atoms with Crippen molar-refractivity contribution < 1.29 is 18.0 Å². The number of nitrogens with zero attached hydrogens (tertiary/aromatic N) is 2. The number of hydrogen-bond donors (Lipinski definition) is 1. The Morgan fingerprint density at radius 2 is 1.71 bits per heavy atom. The average molecular weight is 522 g/mol. The molecule has 35 heavy (non-hydrogen) atoms. The highest BCUT2D eigenvalue weighted by Crippen LogP contribution is 2.27. The van der Waals surface area contributed by atoms with E-state index in [0.717, 1.165) is 34.5 Å². The van der Waals surface area contributed by atoms with E-state index in [0.29, 0.717) is 29.2 Å². The second kappa shape index (κ2) is 12.9. The van der Waals surface area contributed by atoms with Crippen LogP contribution in [0.2, 0.25) is 5.02 Å². The molecule has 0 aliphatic carbocycles. The first-order chi connectivity index (χ1) is 16.5. The molecule has 0 saturated heterocycles. The van der Waals surface area contributed by atoms with Gasteiger partial charge in [-0.15, -0.1) is 0 Å². The number of amides is 2. The number of rotatable bonds is 12. The van der Waals surface area contributed by atoms with Crippen LogP contribution in [0, 0.1) is 13.8 Å². The molecule has 192 valence electrons. The van der Waals surface area contributed by atoms with Crippen LogP contribution in [0.3, 0.4) is 0 Å². The molecule has 7 nitrogen and oxygen atoms in total. The molecule has 2 rings (SSSR count). The molecule has 0 heterocycles. The summed E-state index contributed by atoms with van der Waals surface area (Å²) >= 11 is 6.14. The van der Waals surface area contributed by atoms with Gasteiger partial charge in [-0.3, -0.25) is 13.9 Å². The molecule has 0 saturated carbocycles. The lowest BCUT2D eigenvalue weighted by Gasteiger charge is -2.33. The van der Waals surface area contributed by atoms with Gasteiger partial charge < -0.3 is 10.2 Å². The van der Waals surface area contributed by atoms with E-state index in [-0.39, 0.29) is 12.5 Å². The molecule has 1 atom stereocenters. The number of carbonyl (C=O) groups excluding carboxylic acids is 2. The van der Waals surface area contributed by atoms with E-state index >= 15 is 0 Å². The summed E-state index contributed by atoms with van der Waals surface area (Å²) in [7, 11) is -3.81. The second-order valence-electron chi connectivity index (χ2n) is 8.78. The van der Waals surface area contributed by atoms with Gasteiger partial charge in [-0.2, -0.15) is 0 Å². The average Bonchev–Trinajstić information content (AvgIpc) is 2.79. The molecule has 0 bridgehead atoms. The van der Waals surface area contributed by atoms with Crippen LogP contribution in [0.5, 0.6) is 0 Å². The van der Waals surface area contributed by atoms with Crippen molar-refractivity contribution in [2.75, 3.05) is 23.7 Å². The fourth-order valence-corrected chi connectivity index (χ4v) is 4.83. The van der Waals surface area contributed by atoms with Crippen molar-refractivity contribution in [3.63, 3.8) is 0 Å². The zero-order valence-corrected chi connectivity index (χ0v) is 22.7. The smallest absolute Gasteiger partial charge is 0.244 e. The molecule has 0 aromatic heterocycles. The number of aryl methyl sites for hydroxylation is 2. The first kappa shape index (κ1) is 28.7. The highest BCUT2D eigenvalue weighted by Gasteiger charge is 2.32. The molecular formula is C26H36ClN3O4S. The molecule has 0 fully saturated rings. The Bertz CT molecular complexity index is 1120. The summed E-state index contributed by atoms with van der Waals surface area (Å²) in [5.74, 6) is -0.709. The maximum Gasteiger partial charge on any atom is 0.244 e. The molecule has 2 aromatic carbocycles. The van der Waals surface area contributed by atoms with Gasteiger partial charge in [0.05, 0.1) is 11.9 Å². The topological polar surface area (TPSA) is 86.8 Å². The van der Waals surface area contributed by atoms with E-state index in [1.165, 1.54) is 11.0 Å². The third-order valence-electron chi connectivity index (χ3n) is 5.81. The Balaban J connectivity index is 2.43. The summed E-state index contributed by atoms with van der Waals surface area (Å²) in [6.45, 7) is 7.88. The van der Waals surface area contributed by atoms with Crippen molar-refractivity contribution in [1.82, 2.24) is 10.2 Å². The van der Waals surface area contributed by atoms with Gasteiger partial charge in [0.25, 0.3) is 0 Å². The van der Waals surface area contributed by atoms with E-state index < -0.39 is 28.5 Å². The minimum atomic E-state index is -3.81. The standard InChI is InChI=1S/C26H36ClN3O4S/c1-6-8-15-28-26(32)23(7-2)29(17-21-12-9-19(3)10-13-21)25(31)18-30(35(5,33)34)24-16-22(27)14-11-20(24)4/h9-14,16,23H,6-8,15,17-18H2,1-5H3,(H,28,32)/t23-/m1/s1. The fourth-order valence-electron chi connectivity index (χ4n) is 3.76. The zero-order valence-electron chi connectivity index (χ0n) is 21.2. The van der Waals surface area contributed by atoms with Crippen LogP contribution in [0.15, 0.2) is 42.5 Å². The molecule has 0 aliphatic heterocycles. The number of nitrogens with one attached hydrogen (secondary N) is 1. The monoisotopic (exact) mass is 521 g/mol. The van der Waals surface area contributed by atoms with E-state index in [9.17, 15) is 18.0 Å². The van der Waals surface area contributed by atoms with Crippen LogP contribution in [-0.2, 0) is 26.2 Å². The quantitative estimate of drug-likeness (QED) is 0.418. The minimum Gasteiger partial charge on any atom is -0.354 e. The Morgan fingerprint density at radius 3 is 2.29 bits per heavy atom. The second-order valence-corrected chi connectivity index (χ2v) is 11.1. The normalized spacial score (nSPS) is 12.2. The van der Waals surface area contributed by atoms with E-state index in [1.54, 1.807) is 19.1 Å². The number of benzene rings is 2. The Morgan fingerprint density at radius 1 is 1.06 bits per heavy atom. The minimum absolute atomic E-state index is 0.185. The predicted molar refractivity (Wildman–Crippen MR) is 142 cm³/mol. The Hall–Kier alpha value is -2.58. The van der Waals surface area contributed by atoms with Crippen molar-refractivity contribution in [2.24, 2.45) is 0 Å². The van der Waals surface area contributed by atoms with Gasteiger partial charge in [0.1, 0.15) is 12.6 Å². The summed E-state index contributed by atoms with van der Waals surface area (Å²) in [6.07, 6.45) is 3.22. The van der Waals surface area contributed by atoms with Crippen LogP contribution in [0.1, 0.15) is 49.8 Å². The van der Waals surface area contributed by atoms with Crippen molar-refractivity contribution >= 4 is 39.1 Å².